The topological polar surface area (TPSA) is 99.2 Å². The van der Waals surface area contributed by atoms with Gasteiger partial charge in [-0.05, 0) is 6.92 Å². The third-order valence-electron chi connectivity index (χ3n) is 10.3. The van der Waals surface area contributed by atoms with Gasteiger partial charge in [-0.2, -0.15) is 0 Å². The Bertz CT molecular complexity index is 1960. The second kappa shape index (κ2) is 13.9. The number of aromatic nitrogens is 3. The Labute approximate surface area is 301 Å². The van der Waals surface area contributed by atoms with Gasteiger partial charge in [0.25, 0.3) is 0 Å². The first kappa shape index (κ1) is 34.4. The van der Waals surface area contributed by atoms with Crippen LogP contribution < -0.4 is 9.22 Å². The second-order valence-corrected chi connectivity index (χ2v) is 15.1. The minimum absolute atomic E-state index is 0.107. The zero-order valence-corrected chi connectivity index (χ0v) is 30.6. The minimum Gasteiger partial charge on any atom is -0.377 e. The Kier molecular flexibility index (Phi) is 9.57. The standard InChI is InChI=1S/C38H41AsFN7O3/c1-37(2,45-16-18-46(19-17-45)38(3)24-49-25-38)21-27(22-41)36(48)44-14-7-8-26(23-44)35-43-32(33-34(39)42-13-15-47(33)35)30-12-11-29(20-31(30)40)50-28-9-5-4-6-10-28/h4-6,9-13,15,20-21,26H,7-8,14,16-19,23-25H2,1-3H3/t26-/m1/s1. The van der Waals surface area contributed by atoms with Crippen LogP contribution in [-0.2, 0) is 9.53 Å². The maximum absolute atomic E-state index is 15.8. The van der Waals surface area contributed by atoms with Crippen LogP contribution in [0.5, 0.6) is 11.5 Å². The van der Waals surface area contributed by atoms with Crippen molar-refractivity contribution in [2.24, 2.45) is 0 Å². The molecule has 0 aliphatic carbocycles. The van der Waals surface area contributed by atoms with Gasteiger partial charge in [0.05, 0.1) is 18.8 Å². The Hall–Kier alpha value is -4.07. The first-order valence-electron chi connectivity index (χ1n) is 17.2. The summed E-state index contributed by atoms with van der Waals surface area (Å²) in [5.41, 5.74) is 1.31. The van der Waals surface area contributed by atoms with Gasteiger partial charge in [0.2, 0.25) is 0 Å². The quantitative estimate of drug-likeness (QED) is 0.149. The summed E-state index contributed by atoms with van der Waals surface area (Å²) in [7, 11) is 0. The number of nitrogens with zero attached hydrogens (tertiary/aromatic N) is 7. The molecule has 5 heterocycles. The Balaban J connectivity index is 1.11. The third-order valence-corrected chi connectivity index (χ3v) is 11.0. The van der Waals surface area contributed by atoms with Gasteiger partial charge < -0.3 is 4.74 Å². The molecule has 3 fully saturated rings. The van der Waals surface area contributed by atoms with Gasteiger partial charge in [0.15, 0.2) is 0 Å². The minimum atomic E-state index is -0.470. The number of hydrogen-bond donors (Lipinski definition) is 0. The summed E-state index contributed by atoms with van der Waals surface area (Å²) in [6.45, 7) is 12.4. The van der Waals surface area contributed by atoms with Crippen molar-refractivity contribution in [1.29, 1.82) is 5.26 Å². The van der Waals surface area contributed by atoms with Crippen molar-refractivity contribution in [3.63, 3.8) is 0 Å². The van der Waals surface area contributed by atoms with Crippen LogP contribution in [0.4, 0.5) is 4.39 Å². The molecule has 3 aliphatic rings. The number of ether oxygens (including phenoxy) is 2. The predicted molar refractivity (Wildman–Crippen MR) is 189 cm³/mol. The molecule has 12 heteroatoms. The Morgan fingerprint density at radius 3 is 2.56 bits per heavy atom. The van der Waals surface area contributed by atoms with Crippen LogP contribution in [0.15, 0.2) is 72.6 Å². The van der Waals surface area contributed by atoms with Crippen LogP contribution in [0.25, 0.3) is 16.8 Å². The molecule has 7 rings (SSSR count). The van der Waals surface area contributed by atoms with Crippen LogP contribution >= 0.6 is 0 Å². The van der Waals surface area contributed by atoms with Crippen molar-refractivity contribution in [2.45, 2.75) is 50.6 Å². The smallest absolute Gasteiger partial charge is 0.377 e. The zero-order chi connectivity index (χ0) is 35.0. The number of para-hydroxylation sites is 1. The van der Waals surface area contributed by atoms with Crippen LogP contribution in [0.3, 0.4) is 0 Å². The molecule has 258 valence electrons. The van der Waals surface area contributed by atoms with Crippen LogP contribution in [-0.4, -0.2) is 115 Å². The number of carbonyl (C=O) groups excluding carboxylic acids is 1. The van der Waals surface area contributed by atoms with E-state index in [9.17, 15) is 10.1 Å². The molecule has 3 saturated heterocycles. The van der Waals surface area contributed by atoms with Crippen molar-refractivity contribution in [3.8, 4) is 28.8 Å². The van der Waals surface area contributed by atoms with Gasteiger partial charge in [-0.15, -0.1) is 0 Å². The number of amides is 1. The van der Waals surface area contributed by atoms with Crippen molar-refractivity contribution in [1.82, 2.24) is 29.1 Å². The number of likely N-dealkylation sites (tertiary alicyclic amines) is 1. The molecule has 2 aromatic carbocycles. The number of imidazole rings is 1. The average Bonchev–Trinajstić information content (AvgIpc) is 3.50. The summed E-state index contributed by atoms with van der Waals surface area (Å²) in [6, 6.07) is 16.3. The van der Waals surface area contributed by atoms with Crippen molar-refractivity contribution in [3.05, 3.63) is 84.2 Å². The molecular formula is C38H41AsFN7O3. The number of benzene rings is 2. The van der Waals surface area contributed by atoms with Crippen LogP contribution in [0, 0.1) is 17.1 Å². The number of hydrogen-bond acceptors (Lipinski definition) is 8. The van der Waals surface area contributed by atoms with E-state index in [1.54, 1.807) is 23.2 Å². The van der Waals surface area contributed by atoms with Crippen molar-refractivity contribution in [2.75, 3.05) is 52.5 Å². The molecule has 10 nitrogen and oxygen atoms in total. The predicted octanol–water partition coefficient (Wildman–Crippen LogP) is 4.46. The monoisotopic (exact) mass is 737 g/mol. The molecule has 0 N–H and O–H groups in total. The molecule has 1 amide bonds. The van der Waals surface area contributed by atoms with Gasteiger partial charge in [-0.1, -0.05) is 0 Å². The molecule has 50 heavy (non-hydrogen) atoms. The number of fused-ring (bicyclic) bond motifs is 1. The van der Waals surface area contributed by atoms with Crippen molar-refractivity contribution >= 4 is 32.8 Å². The van der Waals surface area contributed by atoms with E-state index >= 15 is 4.39 Å². The average molecular weight is 738 g/mol. The van der Waals surface area contributed by atoms with E-state index in [0.29, 0.717) is 45.8 Å². The van der Waals surface area contributed by atoms with Gasteiger partial charge in [-0.3, -0.25) is 4.90 Å². The number of halogens is 1. The zero-order valence-electron chi connectivity index (χ0n) is 28.7. The summed E-state index contributed by atoms with van der Waals surface area (Å²) in [6.07, 6.45) is 6.94. The molecule has 0 bridgehead atoms. The van der Waals surface area contributed by atoms with Crippen molar-refractivity contribution < 1.29 is 18.7 Å². The molecule has 2 radical (unpaired) electrons. The Morgan fingerprint density at radius 1 is 1.12 bits per heavy atom. The fraction of sp³-hybridized carbons (Fsp3) is 0.421. The fourth-order valence-electron chi connectivity index (χ4n) is 7.43. The summed E-state index contributed by atoms with van der Waals surface area (Å²) >= 11 is 2.45. The van der Waals surface area contributed by atoms with E-state index in [-0.39, 0.29) is 22.9 Å². The molecule has 1 atom stereocenters. The summed E-state index contributed by atoms with van der Waals surface area (Å²) in [5.74, 6) is 0.896. The molecule has 4 aromatic rings. The third kappa shape index (κ3) is 6.70. The number of carbonyl (C=O) groups is 1. The first-order valence-corrected chi connectivity index (χ1v) is 18.1. The SMILES string of the molecule is CC(C)(C=C(C#N)C(=O)N1CCC[C@@H](c2nc(-c3ccc(Oc4ccccc4)cc3F)c3c([As])nccn23)C1)N1CCN(C2(C)COC2)CC1. The van der Waals surface area contributed by atoms with Gasteiger partial charge in [0, 0.05) is 26.2 Å². The van der Waals surface area contributed by atoms with E-state index < -0.39 is 11.4 Å². The molecular weight excluding hydrogens is 696 g/mol. The molecule has 0 spiro atoms. The number of nitriles is 1. The normalized spacial score (nSPS) is 20.4. The molecule has 0 unspecified atom stereocenters. The van der Waals surface area contributed by atoms with E-state index in [1.807, 2.05) is 47.0 Å². The first-order chi connectivity index (χ1) is 24.1. The molecule has 3 aliphatic heterocycles. The van der Waals surface area contributed by atoms with Crippen LogP contribution in [0.2, 0.25) is 0 Å². The number of piperidine rings is 1. The Morgan fingerprint density at radius 2 is 1.88 bits per heavy atom. The number of piperazine rings is 1. The van der Waals surface area contributed by atoms with E-state index in [1.165, 1.54) is 6.07 Å². The van der Waals surface area contributed by atoms with Gasteiger partial charge >= 0.3 is 240 Å². The molecule has 0 saturated carbocycles. The maximum atomic E-state index is 15.8. The summed E-state index contributed by atoms with van der Waals surface area (Å²) < 4.78 is 29.7. The van der Waals surface area contributed by atoms with Gasteiger partial charge in [-0.25, -0.2) is 0 Å². The van der Waals surface area contributed by atoms with Crippen LogP contribution in [0.1, 0.15) is 45.4 Å². The second-order valence-electron chi connectivity index (χ2n) is 14.2. The summed E-state index contributed by atoms with van der Waals surface area (Å²) in [4.78, 5) is 30.1. The number of rotatable bonds is 8. The van der Waals surface area contributed by atoms with Gasteiger partial charge in [0.1, 0.15) is 0 Å². The van der Waals surface area contributed by atoms with E-state index in [4.69, 9.17) is 14.5 Å². The van der Waals surface area contributed by atoms with E-state index in [2.05, 4.69) is 58.5 Å². The van der Waals surface area contributed by atoms with E-state index in [0.717, 1.165) is 58.1 Å². The summed E-state index contributed by atoms with van der Waals surface area (Å²) in [5, 5.41) is 10.2. The fourth-order valence-corrected chi connectivity index (χ4v) is 8.02. The molecule has 2 aromatic heterocycles.